The first kappa shape index (κ1) is 19.4. The van der Waals surface area contributed by atoms with Gasteiger partial charge in [0.25, 0.3) is 0 Å². The highest BCUT2D eigenvalue weighted by Gasteiger charge is 2.20. The van der Waals surface area contributed by atoms with Crippen LogP contribution in [0.5, 0.6) is 5.75 Å². The summed E-state index contributed by atoms with van der Waals surface area (Å²) >= 11 is 5.79. The zero-order chi connectivity index (χ0) is 17.9. The number of halogens is 1. The first-order valence-corrected chi connectivity index (χ1v) is 9.19. The number of alkyl halides is 1. The molecule has 0 aliphatic rings. The van der Waals surface area contributed by atoms with E-state index in [9.17, 15) is 5.11 Å². The average molecular weight is 357 g/mol. The normalized spacial score (nSPS) is 12.8. The molecule has 0 amide bonds. The average Bonchev–Trinajstić information content (AvgIpc) is 2.68. The lowest BCUT2D eigenvalue weighted by Gasteiger charge is -2.22. The van der Waals surface area contributed by atoms with E-state index in [0.717, 1.165) is 36.1 Å². The summed E-state index contributed by atoms with van der Waals surface area (Å²) in [6.45, 7) is 0.114. The molecule has 25 heavy (non-hydrogen) atoms. The Hall–Kier alpha value is -1.95. The second-order valence-electron chi connectivity index (χ2n) is 6.01. The number of unbranched alkanes of at least 4 members (excludes halogenated alkanes) is 1. The summed E-state index contributed by atoms with van der Waals surface area (Å²) in [4.78, 5) is 0. The molecule has 0 saturated heterocycles. The number of ether oxygens (including phenoxy) is 1. The molecule has 0 unspecified atom stereocenters. The highest BCUT2D eigenvalue weighted by molar-refractivity contribution is 6.17. The van der Waals surface area contributed by atoms with Crippen molar-refractivity contribution in [1.29, 1.82) is 0 Å². The molecule has 0 aliphatic carbocycles. The van der Waals surface area contributed by atoms with Gasteiger partial charge in [0, 0.05) is 18.1 Å². The van der Waals surface area contributed by atoms with E-state index in [1.165, 1.54) is 0 Å². The van der Waals surface area contributed by atoms with E-state index in [0.29, 0.717) is 5.88 Å². The van der Waals surface area contributed by atoms with Crippen LogP contribution in [0.15, 0.2) is 54.6 Å². The largest absolute Gasteiger partial charge is 0.497 e. The van der Waals surface area contributed by atoms with Crippen LogP contribution >= 0.6 is 11.6 Å². The molecule has 0 fully saturated rings. The van der Waals surface area contributed by atoms with Gasteiger partial charge in [-0.05, 0) is 48.6 Å². The maximum atomic E-state index is 9.93. The van der Waals surface area contributed by atoms with Crippen molar-refractivity contribution in [2.75, 3.05) is 19.6 Å². The number of benzene rings is 2. The molecule has 2 aromatic carbocycles. The molecule has 2 atom stereocenters. The van der Waals surface area contributed by atoms with Gasteiger partial charge in [-0.1, -0.05) is 48.6 Å². The third kappa shape index (κ3) is 6.12. The zero-order valence-corrected chi connectivity index (χ0v) is 15.4. The second kappa shape index (κ2) is 10.8. The van der Waals surface area contributed by atoms with Gasteiger partial charge in [0.15, 0.2) is 0 Å². The molecule has 3 heteroatoms. The minimum absolute atomic E-state index is 0.0218. The van der Waals surface area contributed by atoms with E-state index in [1.54, 1.807) is 7.11 Å². The number of hydrogen-bond acceptors (Lipinski definition) is 2. The van der Waals surface area contributed by atoms with Crippen molar-refractivity contribution in [3.63, 3.8) is 0 Å². The summed E-state index contributed by atoms with van der Waals surface area (Å²) in [6.07, 6.45) is 2.86. The van der Waals surface area contributed by atoms with Crippen LogP contribution in [-0.4, -0.2) is 24.7 Å². The molecule has 1 N–H and O–H groups in total. The minimum Gasteiger partial charge on any atom is -0.497 e. The molecule has 0 aromatic heterocycles. The van der Waals surface area contributed by atoms with E-state index in [-0.39, 0.29) is 18.4 Å². The predicted molar refractivity (Wildman–Crippen MR) is 104 cm³/mol. The third-order valence-electron chi connectivity index (χ3n) is 4.29. The number of rotatable bonds is 8. The van der Waals surface area contributed by atoms with Crippen molar-refractivity contribution in [2.24, 2.45) is 5.92 Å². The Balaban J connectivity index is 2.27. The van der Waals surface area contributed by atoms with E-state index in [1.807, 2.05) is 54.6 Å². The molecule has 2 nitrogen and oxygen atoms in total. The van der Waals surface area contributed by atoms with Crippen molar-refractivity contribution in [3.05, 3.63) is 65.7 Å². The Morgan fingerprint density at radius 3 is 2.36 bits per heavy atom. The maximum absolute atomic E-state index is 9.93. The predicted octanol–water partition coefficient (Wildman–Crippen LogP) is 4.85. The van der Waals surface area contributed by atoms with Gasteiger partial charge >= 0.3 is 0 Å². The van der Waals surface area contributed by atoms with Gasteiger partial charge in [-0.2, -0.15) is 0 Å². The molecular weight excluding hydrogens is 332 g/mol. The SMILES string of the molecule is COc1ccc([C@@H](C#Cc2ccccc2)[C@H](CO)CCCCCl)cc1. The molecule has 0 spiro atoms. The van der Waals surface area contributed by atoms with E-state index in [2.05, 4.69) is 11.8 Å². The molecule has 0 saturated carbocycles. The summed E-state index contributed by atoms with van der Waals surface area (Å²) in [5.41, 5.74) is 2.09. The van der Waals surface area contributed by atoms with Gasteiger partial charge in [-0.25, -0.2) is 0 Å². The van der Waals surface area contributed by atoms with Gasteiger partial charge in [0.2, 0.25) is 0 Å². The Kier molecular flexibility index (Phi) is 8.39. The summed E-state index contributed by atoms with van der Waals surface area (Å²) in [5.74, 6) is 8.19. The minimum atomic E-state index is -0.0218. The van der Waals surface area contributed by atoms with Crippen LogP contribution in [0.4, 0.5) is 0 Å². The van der Waals surface area contributed by atoms with Gasteiger partial charge in [-0.15, -0.1) is 11.6 Å². The lowest BCUT2D eigenvalue weighted by atomic mass is 9.83. The maximum Gasteiger partial charge on any atom is 0.118 e. The smallest absolute Gasteiger partial charge is 0.118 e. The van der Waals surface area contributed by atoms with E-state index >= 15 is 0 Å². The van der Waals surface area contributed by atoms with Crippen LogP contribution in [0, 0.1) is 17.8 Å². The van der Waals surface area contributed by atoms with Crippen LogP contribution in [0.3, 0.4) is 0 Å². The summed E-state index contributed by atoms with van der Waals surface area (Å²) in [7, 11) is 1.66. The standard InChI is InChI=1S/C22H25ClO2/c1-25-21-13-11-19(12-14-21)22(20(17-24)9-5-6-16-23)15-10-18-7-3-2-4-8-18/h2-4,7-8,11-14,20,22,24H,5-6,9,16-17H2,1H3/t20-,22+/m0/s1. The van der Waals surface area contributed by atoms with Gasteiger partial charge in [0.05, 0.1) is 13.0 Å². The Labute approximate surface area is 155 Å². The lowest BCUT2D eigenvalue weighted by Crippen LogP contribution is -2.16. The molecule has 0 bridgehead atoms. The van der Waals surface area contributed by atoms with E-state index < -0.39 is 0 Å². The van der Waals surface area contributed by atoms with Gasteiger partial charge in [-0.3, -0.25) is 0 Å². The Morgan fingerprint density at radius 2 is 1.76 bits per heavy atom. The van der Waals surface area contributed by atoms with Gasteiger partial charge < -0.3 is 9.84 Å². The summed E-state index contributed by atoms with van der Waals surface area (Å²) in [6, 6.07) is 17.9. The van der Waals surface area contributed by atoms with Crippen molar-refractivity contribution in [3.8, 4) is 17.6 Å². The highest BCUT2D eigenvalue weighted by atomic mass is 35.5. The van der Waals surface area contributed by atoms with Gasteiger partial charge in [0.1, 0.15) is 5.75 Å². The Morgan fingerprint density at radius 1 is 1.04 bits per heavy atom. The fraction of sp³-hybridized carbons (Fsp3) is 0.364. The van der Waals surface area contributed by atoms with Crippen molar-refractivity contribution in [2.45, 2.75) is 25.2 Å². The molecule has 132 valence electrons. The molecule has 2 aromatic rings. The van der Waals surface area contributed by atoms with Crippen LogP contribution < -0.4 is 4.74 Å². The van der Waals surface area contributed by atoms with Crippen LogP contribution in [-0.2, 0) is 0 Å². The van der Waals surface area contributed by atoms with Crippen molar-refractivity contribution >= 4 is 11.6 Å². The second-order valence-corrected chi connectivity index (χ2v) is 6.39. The number of methoxy groups -OCH3 is 1. The number of hydrogen-bond donors (Lipinski definition) is 1. The van der Waals surface area contributed by atoms with E-state index in [4.69, 9.17) is 16.3 Å². The first-order chi connectivity index (χ1) is 12.3. The Bertz CT molecular complexity index is 671. The number of aliphatic hydroxyl groups excluding tert-OH is 1. The van der Waals surface area contributed by atoms with Crippen LogP contribution in [0.1, 0.15) is 36.3 Å². The fourth-order valence-corrected chi connectivity index (χ4v) is 3.02. The number of aliphatic hydroxyl groups is 1. The summed E-state index contributed by atoms with van der Waals surface area (Å²) < 4.78 is 5.24. The van der Waals surface area contributed by atoms with Crippen LogP contribution in [0.25, 0.3) is 0 Å². The van der Waals surface area contributed by atoms with Crippen LogP contribution in [0.2, 0.25) is 0 Å². The fourth-order valence-electron chi connectivity index (χ4n) is 2.83. The lowest BCUT2D eigenvalue weighted by molar-refractivity contribution is 0.206. The zero-order valence-electron chi connectivity index (χ0n) is 14.6. The quantitative estimate of drug-likeness (QED) is 0.416. The third-order valence-corrected chi connectivity index (χ3v) is 4.55. The molecule has 2 rings (SSSR count). The van der Waals surface area contributed by atoms with Crippen molar-refractivity contribution < 1.29 is 9.84 Å². The highest BCUT2D eigenvalue weighted by Crippen LogP contribution is 2.29. The van der Waals surface area contributed by atoms with Crippen molar-refractivity contribution in [1.82, 2.24) is 0 Å². The monoisotopic (exact) mass is 356 g/mol. The summed E-state index contributed by atoms with van der Waals surface area (Å²) in [5, 5.41) is 9.93. The topological polar surface area (TPSA) is 29.5 Å². The molecule has 0 heterocycles. The molecule has 0 radical (unpaired) electrons. The first-order valence-electron chi connectivity index (χ1n) is 8.66. The molecule has 0 aliphatic heterocycles. The molecular formula is C22H25ClO2.